The number of hydrogen-bond donors (Lipinski definition) is 2. The normalized spacial score (nSPS) is 23.9. The summed E-state index contributed by atoms with van der Waals surface area (Å²) in [5.41, 5.74) is 5.17. The molecule has 0 amide bonds. The van der Waals surface area contributed by atoms with E-state index in [4.69, 9.17) is 0 Å². The monoisotopic (exact) mass is 333 g/mol. The van der Waals surface area contributed by atoms with Crippen molar-refractivity contribution in [3.63, 3.8) is 0 Å². The Kier molecular flexibility index (Phi) is 3.87. The highest BCUT2D eigenvalue weighted by Crippen LogP contribution is 2.50. The highest BCUT2D eigenvalue weighted by molar-refractivity contribution is 5.89. The van der Waals surface area contributed by atoms with Crippen LogP contribution in [0.1, 0.15) is 65.2 Å². The molecule has 3 atom stereocenters. The third-order valence-corrected chi connectivity index (χ3v) is 5.57. The van der Waals surface area contributed by atoms with Gasteiger partial charge in [-0.2, -0.15) is 0 Å². The maximum atomic E-state index is 11.3. The van der Waals surface area contributed by atoms with Crippen LogP contribution in [-0.2, 0) is 0 Å². The fourth-order valence-corrected chi connectivity index (χ4v) is 4.15. The fourth-order valence-electron chi connectivity index (χ4n) is 4.15. The van der Waals surface area contributed by atoms with Gasteiger partial charge in [0.2, 0.25) is 0 Å². The number of carboxylic acids is 1. The van der Waals surface area contributed by atoms with Crippen LogP contribution in [0.2, 0.25) is 0 Å². The molecule has 0 unspecified atom stereocenters. The van der Waals surface area contributed by atoms with Crippen LogP contribution in [0.4, 0.5) is 5.69 Å². The van der Waals surface area contributed by atoms with Gasteiger partial charge in [0.15, 0.2) is 0 Å². The Hall–Kier alpha value is -2.55. The minimum atomic E-state index is -0.868. The Morgan fingerprint density at radius 1 is 1.16 bits per heavy atom. The Bertz CT molecular complexity index is 836. The topological polar surface area (TPSA) is 49.3 Å². The van der Waals surface area contributed by atoms with Crippen molar-refractivity contribution < 1.29 is 9.90 Å². The number of allylic oxidation sites excluding steroid dienone is 2. The lowest BCUT2D eigenvalue weighted by Gasteiger charge is -2.37. The molecule has 2 aromatic carbocycles. The van der Waals surface area contributed by atoms with Gasteiger partial charge < -0.3 is 10.4 Å². The van der Waals surface area contributed by atoms with Gasteiger partial charge in [0.25, 0.3) is 0 Å². The van der Waals surface area contributed by atoms with E-state index in [1.54, 1.807) is 6.07 Å². The molecule has 0 fully saturated rings. The van der Waals surface area contributed by atoms with Crippen LogP contribution in [0.3, 0.4) is 0 Å². The van der Waals surface area contributed by atoms with E-state index in [0.29, 0.717) is 17.4 Å². The summed E-state index contributed by atoms with van der Waals surface area (Å²) in [6.07, 6.45) is 5.49. The average Bonchev–Trinajstić information content (AvgIpc) is 3.10. The van der Waals surface area contributed by atoms with Crippen LogP contribution in [-0.4, -0.2) is 11.1 Å². The summed E-state index contributed by atoms with van der Waals surface area (Å²) in [6, 6.07) is 14.6. The molecule has 128 valence electrons. The molecule has 0 aromatic heterocycles. The fraction of sp³-hybridized carbons (Fsp3) is 0.318. The second-order valence-corrected chi connectivity index (χ2v) is 7.40. The Morgan fingerprint density at radius 2 is 1.92 bits per heavy atom. The van der Waals surface area contributed by atoms with Crippen LogP contribution < -0.4 is 5.32 Å². The minimum absolute atomic E-state index is 0.254. The van der Waals surface area contributed by atoms with Gasteiger partial charge in [0.1, 0.15) is 0 Å². The minimum Gasteiger partial charge on any atom is -0.478 e. The molecule has 3 heteroatoms. The molecule has 2 aromatic rings. The van der Waals surface area contributed by atoms with Crippen LogP contribution in [0.25, 0.3) is 0 Å². The van der Waals surface area contributed by atoms with Gasteiger partial charge in [-0.15, -0.1) is 0 Å². The molecular weight excluding hydrogens is 310 g/mol. The SMILES string of the molecule is CC(C)c1ccc([C@@H]2Nc3ccc(C(=O)O)cc3[C@H]3C=CC[C@H]32)cc1. The third kappa shape index (κ3) is 2.74. The smallest absolute Gasteiger partial charge is 0.335 e. The van der Waals surface area contributed by atoms with Crippen molar-refractivity contribution >= 4 is 11.7 Å². The largest absolute Gasteiger partial charge is 0.478 e. The average molecular weight is 333 g/mol. The molecular formula is C22H23NO2. The first-order valence-electron chi connectivity index (χ1n) is 8.95. The van der Waals surface area contributed by atoms with E-state index >= 15 is 0 Å². The predicted octanol–water partition coefficient (Wildman–Crippen LogP) is 5.33. The van der Waals surface area contributed by atoms with Crippen molar-refractivity contribution in [2.45, 2.75) is 38.1 Å². The molecule has 4 rings (SSSR count). The lowest BCUT2D eigenvalue weighted by Crippen LogP contribution is -2.29. The molecule has 0 radical (unpaired) electrons. The van der Waals surface area contributed by atoms with E-state index in [-0.39, 0.29) is 12.0 Å². The molecule has 25 heavy (non-hydrogen) atoms. The van der Waals surface area contributed by atoms with E-state index in [1.165, 1.54) is 11.1 Å². The summed E-state index contributed by atoms with van der Waals surface area (Å²) >= 11 is 0. The molecule has 3 nitrogen and oxygen atoms in total. The number of carboxylic acid groups (broad SMARTS) is 1. The van der Waals surface area contributed by atoms with Gasteiger partial charge >= 0.3 is 5.97 Å². The summed E-state index contributed by atoms with van der Waals surface area (Å²) in [7, 11) is 0. The molecule has 2 N–H and O–H groups in total. The summed E-state index contributed by atoms with van der Waals surface area (Å²) in [6.45, 7) is 4.42. The first-order valence-corrected chi connectivity index (χ1v) is 8.95. The van der Waals surface area contributed by atoms with Crippen molar-refractivity contribution in [1.29, 1.82) is 0 Å². The van der Waals surface area contributed by atoms with E-state index < -0.39 is 5.97 Å². The van der Waals surface area contributed by atoms with Gasteiger partial charge in [-0.25, -0.2) is 4.79 Å². The highest BCUT2D eigenvalue weighted by Gasteiger charge is 2.38. The Morgan fingerprint density at radius 3 is 2.60 bits per heavy atom. The van der Waals surface area contributed by atoms with Gasteiger partial charge in [-0.1, -0.05) is 50.3 Å². The second-order valence-electron chi connectivity index (χ2n) is 7.40. The zero-order valence-corrected chi connectivity index (χ0v) is 14.6. The third-order valence-electron chi connectivity index (χ3n) is 5.57. The van der Waals surface area contributed by atoms with E-state index in [0.717, 1.165) is 17.7 Å². The van der Waals surface area contributed by atoms with Crippen LogP contribution in [0.5, 0.6) is 0 Å². The molecule has 1 aliphatic heterocycles. The summed E-state index contributed by atoms with van der Waals surface area (Å²) in [5, 5.41) is 13.0. The van der Waals surface area contributed by atoms with Gasteiger partial charge in [-0.3, -0.25) is 0 Å². The number of hydrogen-bond acceptors (Lipinski definition) is 2. The van der Waals surface area contributed by atoms with Crippen molar-refractivity contribution in [3.05, 3.63) is 76.9 Å². The van der Waals surface area contributed by atoms with E-state index in [9.17, 15) is 9.90 Å². The van der Waals surface area contributed by atoms with Gasteiger partial charge in [0, 0.05) is 11.6 Å². The van der Waals surface area contributed by atoms with Crippen molar-refractivity contribution in [2.24, 2.45) is 5.92 Å². The zero-order valence-electron chi connectivity index (χ0n) is 14.6. The maximum absolute atomic E-state index is 11.3. The number of aromatic carboxylic acids is 1. The predicted molar refractivity (Wildman–Crippen MR) is 100 cm³/mol. The van der Waals surface area contributed by atoms with E-state index in [1.807, 2.05) is 12.1 Å². The molecule has 0 bridgehead atoms. The summed E-state index contributed by atoms with van der Waals surface area (Å²) < 4.78 is 0. The number of rotatable bonds is 3. The zero-order chi connectivity index (χ0) is 17.6. The van der Waals surface area contributed by atoms with Crippen LogP contribution in [0.15, 0.2) is 54.6 Å². The maximum Gasteiger partial charge on any atom is 0.335 e. The standard InChI is InChI=1S/C22H23NO2/c1-13(2)14-6-8-15(9-7-14)21-18-5-3-4-17(18)19-12-16(22(24)25)10-11-20(19)23-21/h3-4,6-13,17-18,21,23H,5H2,1-2H3,(H,24,25)/t17-,18+,21-/m0/s1. The van der Waals surface area contributed by atoms with Gasteiger partial charge in [0.05, 0.1) is 11.6 Å². The first kappa shape index (κ1) is 15.9. The van der Waals surface area contributed by atoms with Crippen LogP contribution in [0, 0.1) is 5.92 Å². The highest BCUT2D eigenvalue weighted by atomic mass is 16.4. The molecule has 1 heterocycles. The molecule has 0 spiro atoms. The van der Waals surface area contributed by atoms with Gasteiger partial charge in [-0.05, 0) is 53.1 Å². The molecule has 0 saturated heterocycles. The Balaban J connectivity index is 1.71. The number of fused-ring (bicyclic) bond motifs is 3. The number of nitrogens with one attached hydrogen (secondary N) is 1. The van der Waals surface area contributed by atoms with Crippen LogP contribution >= 0.6 is 0 Å². The molecule has 2 aliphatic rings. The summed E-state index contributed by atoms with van der Waals surface area (Å²) in [5.74, 6) is 0.379. The second kappa shape index (κ2) is 6.07. The van der Waals surface area contributed by atoms with E-state index in [2.05, 4.69) is 55.6 Å². The molecule has 1 aliphatic carbocycles. The number of carbonyl (C=O) groups is 1. The van der Waals surface area contributed by atoms with Crippen molar-refractivity contribution in [1.82, 2.24) is 0 Å². The summed E-state index contributed by atoms with van der Waals surface area (Å²) in [4.78, 5) is 11.3. The Labute approximate surface area is 148 Å². The van der Waals surface area contributed by atoms with Crippen molar-refractivity contribution in [3.8, 4) is 0 Å². The number of benzene rings is 2. The first-order chi connectivity index (χ1) is 12.0. The lowest BCUT2D eigenvalue weighted by atomic mass is 9.76. The van der Waals surface area contributed by atoms with Crippen molar-refractivity contribution in [2.75, 3.05) is 5.32 Å². The molecule has 0 saturated carbocycles. The number of anilines is 1. The lowest BCUT2D eigenvalue weighted by molar-refractivity contribution is 0.0696. The quantitative estimate of drug-likeness (QED) is 0.746.